The van der Waals surface area contributed by atoms with Crippen molar-refractivity contribution in [3.05, 3.63) is 18.3 Å². The second-order valence-corrected chi connectivity index (χ2v) is 3.44. The van der Waals surface area contributed by atoms with Crippen molar-refractivity contribution in [2.45, 2.75) is 6.10 Å². The van der Waals surface area contributed by atoms with E-state index < -0.39 is 6.10 Å². The van der Waals surface area contributed by atoms with Crippen LogP contribution < -0.4 is 10.6 Å². The number of aliphatic hydroxyl groups excluding tert-OH is 1. The van der Waals surface area contributed by atoms with E-state index in [-0.39, 0.29) is 0 Å². The number of nitrogens with two attached hydrogens (primary N) is 1. The van der Waals surface area contributed by atoms with E-state index in [9.17, 15) is 5.11 Å². The first kappa shape index (κ1) is 11.7. The number of likely N-dealkylation sites (N-methyl/N-ethyl adjacent to an activating group) is 1. The van der Waals surface area contributed by atoms with Crippen molar-refractivity contribution >= 4 is 11.5 Å². The summed E-state index contributed by atoms with van der Waals surface area (Å²) in [6.45, 7) is 0.775. The van der Waals surface area contributed by atoms with Gasteiger partial charge in [-0.15, -0.1) is 0 Å². The second kappa shape index (κ2) is 5.53. The van der Waals surface area contributed by atoms with Crippen molar-refractivity contribution in [2.75, 3.05) is 37.9 Å². The first-order valence-electron chi connectivity index (χ1n) is 4.73. The van der Waals surface area contributed by atoms with Crippen LogP contribution in [-0.4, -0.2) is 43.5 Å². The highest BCUT2D eigenvalue weighted by Crippen LogP contribution is 2.12. The van der Waals surface area contributed by atoms with Gasteiger partial charge in [-0.1, -0.05) is 0 Å². The maximum Gasteiger partial charge on any atom is 0.130 e. The predicted molar refractivity (Wildman–Crippen MR) is 59.8 cm³/mol. The minimum absolute atomic E-state index is 0.312. The van der Waals surface area contributed by atoms with E-state index in [0.717, 1.165) is 5.82 Å². The Morgan fingerprint density at radius 1 is 1.67 bits per heavy atom. The summed E-state index contributed by atoms with van der Waals surface area (Å²) in [4.78, 5) is 5.98. The standard InChI is InChI=1S/C10H17N3O2/c1-13(6-9(14)7-15-2)10-5-8(11)3-4-12-10/h3-5,9,14H,6-7H2,1-2H3,(H2,11,12). The zero-order chi connectivity index (χ0) is 11.3. The highest BCUT2D eigenvalue weighted by atomic mass is 16.5. The molecule has 84 valence electrons. The van der Waals surface area contributed by atoms with Crippen LogP contribution in [0.4, 0.5) is 11.5 Å². The van der Waals surface area contributed by atoms with E-state index in [1.807, 2.05) is 11.9 Å². The van der Waals surface area contributed by atoms with Crippen molar-refractivity contribution in [2.24, 2.45) is 0 Å². The number of nitrogens with zero attached hydrogens (tertiary/aromatic N) is 2. The lowest BCUT2D eigenvalue weighted by molar-refractivity contribution is 0.0694. The van der Waals surface area contributed by atoms with E-state index in [0.29, 0.717) is 18.8 Å². The molecule has 0 fully saturated rings. The first-order valence-corrected chi connectivity index (χ1v) is 4.73. The van der Waals surface area contributed by atoms with Gasteiger partial charge < -0.3 is 20.5 Å². The lowest BCUT2D eigenvalue weighted by atomic mass is 10.3. The molecule has 0 aliphatic carbocycles. The molecule has 1 unspecified atom stereocenters. The molecule has 1 atom stereocenters. The molecule has 0 bridgehead atoms. The number of aromatic nitrogens is 1. The van der Waals surface area contributed by atoms with Gasteiger partial charge in [-0.25, -0.2) is 4.98 Å². The molecule has 0 aliphatic heterocycles. The van der Waals surface area contributed by atoms with Gasteiger partial charge in [-0.05, 0) is 6.07 Å². The average Bonchev–Trinajstić information content (AvgIpc) is 2.18. The Morgan fingerprint density at radius 2 is 2.40 bits per heavy atom. The molecule has 0 saturated carbocycles. The lowest BCUT2D eigenvalue weighted by Gasteiger charge is -2.21. The number of nitrogen functional groups attached to an aromatic ring is 1. The Bertz CT molecular complexity index is 306. The van der Waals surface area contributed by atoms with Crippen LogP contribution in [0, 0.1) is 0 Å². The number of hydrogen-bond donors (Lipinski definition) is 2. The third-order valence-corrected chi connectivity index (χ3v) is 2.00. The molecule has 1 aromatic heterocycles. The van der Waals surface area contributed by atoms with Gasteiger partial charge in [0.15, 0.2) is 0 Å². The van der Waals surface area contributed by atoms with E-state index in [2.05, 4.69) is 4.98 Å². The van der Waals surface area contributed by atoms with Crippen LogP contribution in [0.25, 0.3) is 0 Å². The second-order valence-electron chi connectivity index (χ2n) is 3.44. The van der Waals surface area contributed by atoms with Crippen LogP contribution in [0.2, 0.25) is 0 Å². The molecular formula is C10H17N3O2. The van der Waals surface area contributed by atoms with Crippen LogP contribution >= 0.6 is 0 Å². The molecule has 1 heterocycles. The predicted octanol–water partition coefficient (Wildman–Crippen LogP) is 0.107. The fourth-order valence-corrected chi connectivity index (χ4v) is 1.30. The molecule has 0 saturated heterocycles. The number of pyridine rings is 1. The fraction of sp³-hybridized carbons (Fsp3) is 0.500. The monoisotopic (exact) mass is 211 g/mol. The zero-order valence-electron chi connectivity index (χ0n) is 9.05. The molecule has 0 radical (unpaired) electrons. The van der Waals surface area contributed by atoms with Crippen LogP contribution in [-0.2, 0) is 4.74 Å². The normalized spacial score (nSPS) is 12.5. The minimum Gasteiger partial charge on any atom is -0.399 e. The van der Waals surface area contributed by atoms with Crippen molar-refractivity contribution in [3.63, 3.8) is 0 Å². The maximum absolute atomic E-state index is 9.52. The quantitative estimate of drug-likeness (QED) is 0.723. The summed E-state index contributed by atoms with van der Waals surface area (Å²) in [6.07, 6.45) is 1.12. The van der Waals surface area contributed by atoms with Gasteiger partial charge in [-0.2, -0.15) is 0 Å². The number of hydrogen-bond acceptors (Lipinski definition) is 5. The van der Waals surface area contributed by atoms with Crippen molar-refractivity contribution < 1.29 is 9.84 Å². The summed E-state index contributed by atoms with van der Waals surface area (Å²) in [7, 11) is 3.41. The molecule has 5 heteroatoms. The third kappa shape index (κ3) is 3.73. The molecule has 0 aliphatic rings. The minimum atomic E-state index is -0.525. The van der Waals surface area contributed by atoms with Gasteiger partial charge in [0.25, 0.3) is 0 Å². The molecule has 0 spiro atoms. The van der Waals surface area contributed by atoms with Gasteiger partial charge >= 0.3 is 0 Å². The average molecular weight is 211 g/mol. The molecule has 15 heavy (non-hydrogen) atoms. The third-order valence-electron chi connectivity index (χ3n) is 2.00. The molecule has 1 rings (SSSR count). The number of rotatable bonds is 5. The van der Waals surface area contributed by atoms with Crippen molar-refractivity contribution in [3.8, 4) is 0 Å². The van der Waals surface area contributed by atoms with E-state index in [1.54, 1.807) is 25.4 Å². The van der Waals surface area contributed by atoms with Crippen LogP contribution in [0.15, 0.2) is 18.3 Å². The van der Waals surface area contributed by atoms with Crippen LogP contribution in [0.3, 0.4) is 0 Å². The maximum atomic E-state index is 9.52. The SMILES string of the molecule is COCC(O)CN(C)c1cc(N)ccn1. The molecule has 3 N–H and O–H groups in total. The Kier molecular flexibility index (Phi) is 4.33. The number of aliphatic hydroxyl groups is 1. The molecule has 0 aromatic carbocycles. The van der Waals surface area contributed by atoms with E-state index in [1.165, 1.54) is 0 Å². The smallest absolute Gasteiger partial charge is 0.130 e. The Balaban J connectivity index is 2.56. The van der Waals surface area contributed by atoms with E-state index in [4.69, 9.17) is 10.5 Å². The molecular weight excluding hydrogens is 194 g/mol. The molecule has 0 amide bonds. The summed E-state index contributed by atoms with van der Waals surface area (Å²) in [5.74, 6) is 0.741. The van der Waals surface area contributed by atoms with Gasteiger partial charge in [-0.3, -0.25) is 0 Å². The number of methoxy groups -OCH3 is 1. The number of ether oxygens (including phenoxy) is 1. The fourth-order valence-electron chi connectivity index (χ4n) is 1.30. The topological polar surface area (TPSA) is 71.6 Å². The first-order chi connectivity index (χ1) is 7.13. The van der Waals surface area contributed by atoms with Gasteiger partial charge in [0, 0.05) is 38.7 Å². The summed E-state index contributed by atoms with van der Waals surface area (Å²) < 4.78 is 4.84. The summed E-state index contributed by atoms with van der Waals surface area (Å²) in [5, 5.41) is 9.52. The summed E-state index contributed by atoms with van der Waals surface area (Å²) in [6, 6.07) is 3.49. The summed E-state index contributed by atoms with van der Waals surface area (Å²) >= 11 is 0. The van der Waals surface area contributed by atoms with E-state index >= 15 is 0 Å². The van der Waals surface area contributed by atoms with Crippen LogP contribution in [0.5, 0.6) is 0 Å². The Labute approximate surface area is 89.5 Å². The largest absolute Gasteiger partial charge is 0.399 e. The molecule has 5 nitrogen and oxygen atoms in total. The lowest BCUT2D eigenvalue weighted by Crippen LogP contribution is -2.32. The Hall–Kier alpha value is -1.33. The Morgan fingerprint density at radius 3 is 3.00 bits per heavy atom. The van der Waals surface area contributed by atoms with Gasteiger partial charge in [0.1, 0.15) is 5.82 Å². The van der Waals surface area contributed by atoms with Gasteiger partial charge in [0.05, 0.1) is 12.7 Å². The highest BCUT2D eigenvalue weighted by Gasteiger charge is 2.09. The summed E-state index contributed by atoms with van der Waals surface area (Å²) in [5.41, 5.74) is 6.29. The zero-order valence-corrected chi connectivity index (χ0v) is 9.05. The van der Waals surface area contributed by atoms with Crippen molar-refractivity contribution in [1.29, 1.82) is 0 Å². The van der Waals surface area contributed by atoms with Gasteiger partial charge in [0.2, 0.25) is 0 Å². The number of anilines is 2. The molecule has 1 aromatic rings. The van der Waals surface area contributed by atoms with Crippen LogP contribution in [0.1, 0.15) is 0 Å². The van der Waals surface area contributed by atoms with Crippen molar-refractivity contribution in [1.82, 2.24) is 4.98 Å². The highest BCUT2D eigenvalue weighted by molar-refractivity contribution is 5.49.